The molecule has 0 amide bonds. The Kier molecular flexibility index (Phi) is 8.21. The van der Waals surface area contributed by atoms with E-state index in [1.807, 2.05) is 59.7 Å². The molecular formula is C29H33NO5. The SMILES string of the molecule is OCC1CC2C(OCc3ccccc3)C(OCc3ccccc3)C(COCc3ccccc3)N2O1. The highest BCUT2D eigenvalue weighted by Gasteiger charge is 2.55. The monoisotopic (exact) mass is 475 g/mol. The summed E-state index contributed by atoms with van der Waals surface area (Å²) in [6, 6.07) is 30.3. The number of rotatable bonds is 11. The van der Waals surface area contributed by atoms with Crippen LogP contribution in [0.4, 0.5) is 0 Å². The van der Waals surface area contributed by atoms with E-state index in [2.05, 4.69) is 36.4 Å². The van der Waals surface area contributed by atoms with Crippen LogP contribution < -0.4 is 0 Å². The number of nitrogens with zero attached hydrogens (tertiary/aromatic N) is 1. The molecule has 5 unspecified atom stereocenters. The van der Waals surface area contributed by atoms with Crippen LogP contribution in [0.25, 0.3) is 0 Å². The first-order chi connectivity index (χ1) is 17.3. The molecule has 0 bridgehead atoms. The first-order valence-electron chi connectivity index (χ1n) is 12.3. The molecule has 0 spiro atoms. The van der Waals surface area contributed by atoms with Crippen LogP contribution in [0.1, 0.15) is 23.1 Å². The highest BCUT2D eigenvalue weighted by molar-refractivity contribution is 5.16. The summed E-state index contributed by atoms with van der Waals surface area (Å²) < 4.78 is 19.2. The van der Waals surface area contributed by atoms with Crippen molar-refractivity contribution in [3.05, 3.63) is 108 Å². The lowest BCUT2D eigenvalue weighted by molar-refractivity contribution is -0.202. The van der Waals surface area contributed by atoms with Gasteiger partial charge < -0.3 is 19.3 Å². The van der Waals surface area contributed by atoms with Crippen LogP contribution in [0, 0.1) is 0 Å². The summed E-state index contributed by atoms with van der Waals surface area (Å²) in [7, 11) is 0. The number of fused-ring (bicyclic) bond motifs is 1. The molecule has 6 heteroatoms. The number of aliphatic hydroxyl groups is 1. The lowest BCUT2D eigenvalue weighted by Gasteiger charge is -2.28. The van der Waals surface area contributed by atoms with E-state index in [1.165, 1.54) is 0 Å². The van der Waals surface area contributed by atoms with Crippen molar-refractivity contribution in [3.8, 4) is 0 Å². The minimum Gasteiger partial charge on any atom is -0.394 e. The molecule has 5 atom stereocenters. The van der Waals surface area contributed by atoms with Crippen LogP contribution in [-0.4, -0.2) is 53.8 Å². The van der Waals surface area contributed by atoms with Gasteiger partial charge in [-0.3, -0.25) is 4.84 Å². The number of benzene rings is 3. The summed E-state index contributed by atoms with van der Waals surface area (Å²) in [5.41, 5.74) is 3.35. The van der Waals surface area contributed by atoms with E-state index in [9.17, 15) is 5.11 Å². The first kappa shape index (κ1) is 24.1. The number of ether oxygens (including phenoxy) is 3. The Morgan fingerprint density at radius 2 is 1.23 bits per heavy atom. The molecular weight excluding hydrogens is 442 g/mol. The smallest absolute Gasteiger partial charge is 0.106 e. The quantitative estimate of drug-likeness (QED) is 0.450. The van der Waals surface area contributed by atoms with Gasteiger partial charge in [-0.2, -0.15) is 5.06 Å². The molecule has 1 N–H and O–H groups in total. The fraction of sp³-hybridized carbons (Fsp3) is 0.379. The number of hydrogen-bond donors (Lipinski definition) is 1. The molecule has 5 rings (SSSR count). The van der Waals surface area contributed by atoms with Crippen molar-refractivity contribution in [2.45, 2.75) is 56.6 Å². The Morgan fingerprint density at radius 3 is 1.77 bits per heavy atom. The largest absolute Gasteiger partial charge is 0.394 e. The van der Waals surface area contributed by atoms with Crippen molar-refractivity contribution < 1.29 is 24.2 Å². The van der Waals surface area contributed by atoms with Gasteiger partial charge in [-0.05, 0) is 23.1 Å². The van der Waals surface area contributed by atoms with Gasteiger partial charge in [-0.1, -0.05) is 91.0 Å². The molecule has 3 aromatic carbocycles. The van der Waals surface area contributed by atoms with Crippen molar-refractivity contribution in [1.29, 1.82) is 0 Å². The minimum absolute atomic E-state index is 0.0121. The molecule has 6 nitrogen and oxygen atoms in total. The van der Waals surface area contributed by atoms with Gasteiger partial charge in [0.2, 0.25) is 0 Å². The van der Waals surface area contributed by atoms with Crippen LogP contribution in [-0.2, 0) is 38.9 Å². The minimum atomic E-state index is -0.241. The second-order valence-electron chi connectivity index (χ2n) is 9.16. The van der Waals surface area contributed by atoms with E-state index >= 15 is 0 Å². The molecule has 2 aliphatic rings. The van der Waals surface area contributed by atoms with Crippen LogP contribution in [0.2, 0.25) is 0 Å². The van der Waals surface area contributed by atoms with E-state index in [0.29, 0.717) is 32.8 Å². The molecule has 35 heavy (non-hydrogen) atoms. The maximum atomic E-state index is 9.79. The third-order valence-corrected chi connectivity index (χ3v) is 6.69. The summed E-state index contributed by atoms with van der Waals surface area (Å²) >= 11 is 0. The zero-order valence-corrected chi connectivity index (χ0v) is 19.8. The van der Waals surface area contributed by atoms with Gasteiger partial charge >= 0.3 is 0 Å². The van der Waals surface area contributed by atoms with Crippen LogP contribution in [0.3, 0.4) is 0 Å². The summed E-state index contributed by atoms with van der Waals surface area (Å²) in [6.07, 6.45) is 0.00530. The van der Waals surface area contributed by atoms with Crippen molar-refractivity contribution in [3.63, 3.8) is 0 Å². The van der Waals surface area contributed by atoms with E-state index < -0.39 is 0 Å². The molecule has 3 aromatic rings. The summed E-state index contributed by atoms with van der Waals surface area (Å²) in [5.74, 6) is 0. The van der Waals surface area contributed by atoms with Crippen LogP contribution in [0.5, 0.6) is 0 Å². The fourth-order valence-electron chi connectivity index (χ4n) is 4.95. The van der Waals surface area contributed by atoms with Gasteiger partial charge in [0.1, 0.15) is 18.3 Å². The van der Waals surface area contributed by atoms with Crippen molar-refractivity contribution in [1.82, 2.24) is 5.06 Å². The zero-order chi connectivity index (χ0) is 23.9. The van der Waals surface area contributed by atoms with Gasteiger partial charge in [-0.25, -0.2) is 0 Å². The number of hydroxylamine groups is 2. The van der Waals surface area contributed by atoms with Crippen molar-refractivity contribution in [2.24, 2.45) is 0 Å². The normalized spacial score (nSPS) is 26.1. The zero-order valence-electron chi connectivity index (χ0n) is 19.8. The molecule has 0 saturated carbocycles. The molecule has 184 valence electrons. The lowest BCUT2D eigenvalue weighted by Crippen LogP contribution is -2.42. The van der Waals surface area contributed by atoms with Gasteiger partial charge in [0.15, 0.2) is 0 Å². The second-order valence-corrected chi connectivity index (χ2v) is 9.16. The molecule has 2 fully saturated rings. The van der Waals surface area contributed by atoms with Crippen molar-refractivity contribution >= 4 is 0 Å². The third kappa shape index (κ3) is 5.98. The van der Waals surface area contributed by atoms with E-state index in [4.69, 9.17) is 19.0 Å². The highest BCUT2D eigenvalue weighted by Crippen LogP contribution is 2.39. The predicted octanol–water partition coefficient (Wildman–Crippen LogP) is 4.12. The summed E-state index contributed by atoms with van der Waals surface area (Å²) in [5, 5.41) is 11.8. The predicted molar refractivity (Wildman–Crippen MR) is 132 cm³/mol. The van der Waals surface area contributed by atoms with Crippen LogP contribution in [0.15, 0.2) is 91.0 Å². The first-order valence-corrected chi connectivity index (χ1v) is 12.3. The van der Waals surface area contributed by atoms with E-state index in [-0.39, 0.29) is 37.0 Å². The summed E-state index contributed by atoms with van der Waals surface area (Å²) in [4.78, 5) is 6.16. The Morgan fingerprint density at radius 1 is 0.714 bits per heavy atom. The number of aliphatic hydroxyl groups excluding tert-OH is 1. The molecule has 2 heterocycles. The maximum Gasteiger partial charge on any atom is 0.106 e. The van der Waals surface area contributed by atoms with Gasteiger partial charge in [0, 0.05) is 0 Å². The second kappa shape index (κ2) is 11.9. The van der Waals surface area contributed by atoms with Crippen LogP contribution >= 0.6 is 0 Å². The molecule has 2 aliphatic heterocycles. The highest BCUT2D eigenvalue weighted by atomic mass is 16.7. The van der Waals surface area contributed by atoms with Crippen molar-refractivity contribution in [2.75, 3.05) is 13.2 Å². The average molecular weight is 476 g/mol. The number of hydrogen-bond acceptors (Lipinski definition) is 6. The van der Waals surface area contributed by atoms with Gasteiger partial charge in [0.25, 0.3) is 0 Å². The summed E-state index contributed by atoms with van der Waals surface area (Å²) in [6.45, 7) is 1.90. The Bertz CT molecular complexity index is 1020. The lowest BCUT2D eigenvalue weighted by atomic mass is 10.0. The van der Waals surface area contributed by atoms with E-state index in [0.717, 1.165) is 16.7 Å². The Hall–Kier alpha value is -2.58. The standard InChI is InChI=1S/C29H33NO5/c31-17-25-16-26-28(33-19-23-12-6-2-7-13-23)29(34-20-24-14-8-3-9-15-24)27(30(26)35-25)21-32-18-22-10-4-1-5-11-22/h1-15,25-29,31H,16-21H2. The fourth-order valence-corrected chi connectivity index (χ4v) is 4.95. The Labute approximate surface area is 207 Å². The van der Waals surface area contributed by atoms with Gasteiger partial charge in [0.05, 0.1) is 45.1 Å². The topological polar surface area (TPSA) is 60.4 Å². The molecule has 0 radical (unpaired) electrons. The molecule has 0 aliphatic carbocycles. The molecule has 0 aromatic heterocycles. The average Bonchev–Trinajstić information content (AvgIpc) is 3.45. The maximum absolute atomic E-state index is 9.79. The van der Waals surface area contributed by atoms with Gasteiger partial charge in [-0.15, -0.1) is 0 Å². The third-order valence-electron chi connectivity index (χ3n) is 6.69. The molecule has 2 saturated heterocycles. The van der Waals surface area contributed by atoms with E-state index in [1.54, 1.807) is 0 Å². The Balaban J connectivity index is 1.33.